The summed E-state index contributed by atoms with van der Waals surface area (Å²) >= 11 is 0. The van der Waals surface area contributed by atoms with Gasteiger partial charge in [-0.3, -0.25) is 9.88 Å². The fourth-order valence-electron chi connectivity index (χ4n) is 1.32. The van der Waals surface area contributed by atoms with Crippen molar-refractivity contribution in [2.75, 3.05) is 5.32 Å². The quantitative estimate of drug-likeness (QED) is 0.820. The number of aromatic nitrogens is 4. The maximum Gasteiger partial charge on any atom is 0.334 e. The molecule has 7 nitrogen and oxygen atoms in total. The van der Waals surface area contributed by atoms with Gasteiger partial charge in [-0.25, -0.2) is 9.78 Å². The predicted octanol–water partition coefficient (Wildman–Crippen LogP) is 1.22. The molecule has 7 heteroatoms. The van der Waals surface area contributed by atoms with Crippen molar-refractivity contribution in [1.82, 2.24) is 19.7 Å². The number of anilines is 1. The van der Waals surface area contributed by atoms with E-state index in [2.05, 4.69) is 20.5 Å². The van der Waals surface area contributed by atoms with E-state index in [0.717, 1.165) is 12.8 Å². The van der Waals surface area contributed by atoms with E-state index < -0.39 is 0 Å². The number of nitrogens with one attached hydrogen (secondary N) is 1. The zero-order chi connectivity index (χ0) is 11.0. The number of hydrogen-bond acceptors (Lipinski definition) is 5. The summed E-state index contributed by atoms with van der Waals surface area (Å²) in [6, 6.07) is -0.246. The second-order valence-corrected chi connectivity index (χ2v) is 3.62. The fourth-order valence-corrected chi connectivity index (χ4v) is 1.32. The molecule has 16 heavy (non-hydrogen) atoms. The molecule has 1 fully saturated rings. The number of carbonyl (C=O) groups is 1. The Bertz CT molecular complexity index is 500. The molecule has 2 aromatic heterocycles. The van der Waals surface area contributed by atoms with Crippen molar-refractivity contribution in [2.24, 2.45) is 0 Å². The normalized spacial score (nSPS) is 15.0. The first-order valence-electron chi connectivity index (χ1n) is 4.95. The highest BCUT2D eigenvalue weighted by molar-refractivity contribution is 5.88. The highest BCUT2D eigenvalue weighted by Crippen LogP contribution is 2.39. The van der Waals surface area contributed by atoms with E-state index in [9.17, 15) is 4.79 Å². The third kappa shape index (κ3) is 1.67. The number of nitrogens with zero attached hydrogens (tertiary/aromatic N) is 4. The lowest BCUT2D eigenvalue weighted by atomic mass is 10.4. The third-order valence-electron chi connectivity index (χ3n) is 2.32. The molecule has 0 aromatic carbocycles. The second kappa shape index (κ2) is 3.44. The van der Waals surface area contributed by atoms with Crippen LogP contribution in [0.3, 0.4) is 0 Å². The van der Waals surface area contributed by atoms with E-state index in [4.69, 9.17) is 4.42 Å². The van der Waals surface area contributed by atoms with E-state index in [-0.39, 0.29) is 12.0 Å². The molecule has 2 heterocycles. The van der Waals surface area contributed by atoms with Crippen molar-refractivity contribution in [3.8, 4) is 0 Å². The topological polar surface area (TPSA) is 85.8 Å². The Morgan fingerprint density at radius 2 is 2.38 bits per heavy atom. The summed E-state index contributed by atoms with van der Waals surface area (Å²) < 4.78 is 6.58. The number of imidazole rings is 1. The van der Waals surface area contributed by atoms with Crippen LogP contribution in [0.1, 0.15) is 24.7 Å². The minimum atomic E-state index is -0.372. The maximum absolute atomic E-state index is 11.6. The maximum atomic E-state index is 11.6. The van der Waals surface area contributed by atoms with Crippen LogP contribution in [0.2, 0.25) is 0 Å². The van der Waals surface area contributed by atoms with E-state index in [1.54, 1.807) is 0 Å². The Balaban J connectivity index is 1.71. The molecular formula is C9H9N5O2. The van der Waals surface area contributed by atoms with Crippen LogP contribution in [0.5, 0.6) is 0 Å². The van der Waals surface area contributed by atoms with Gasteiger partial charge in [0, 0.05) is 18.3 Å². The van der Waals surface area contributed by atoms with Crippen LogP contribution in [0, 0.1) is 0 Å². The van der Waals surface area contributed by atoms with Gasteiger partial charge in [0.2, 0.25) is 5.89 Å². The van der Waals surface area contributed by atoms with Crippen molar-refractivity contribution >= 4 is 12.0 Å². The predicted molar refractivity (Wildman–Crippen MR) is 52.9 cm³/mol. The highest BCUT2D eigenvalue weighted by atomic mass is 16.4. The van der Waals surface area contributed by atoms with E-state index in [1.807, 2.05) is 0 Å². The Morgan fingerprint density at radius 1 is 1.50 bits per heavy atom. The Hall–Kier alpha value is -2.18. The molecular weight excluding hydrogens is 210 g/mol. The molecule has 82 valence electrons. The standard InChI is InChI=1S/C9H9N5O2/c15-9(14-4-3-10-5-14)11-8-13-12-7(16-8)6-1-2-6/h3-6H,1-2H2,(H,11,13,15). The van der Waals surface area contributed by atoms with Gasteiger partial charge in [-0.2, -0.15) is 0 Å². The first-order chi connectivity index (χ1) is 7.83. The minimum Gasteiger partial charge on any atom is -0.408 e. The molecule has 2 aromatic rings. The van der Waals surface area contributed by atoms with Crippen molar-refractivity contribution < 1.29 is 9.21 Å². The SMILES string of the molecule is O=C(Nc1nnc(C2CC2)o1)n1ccnc1. The first-order valence-corrected chi connectivity index (χ1v) is 4.95. The van der Waals surface area contributed by atoms with E-state index in [1.165, 1.54) is 23.3 Å². The molecule has 0 spiro atoms. The van der Waals surface area contributed by atoms with Crippen LogP contribution >= 0.6 is 0 Å². The van der Waals surface area contributed by atoms with Crippen molar-refractivity contribution in [1.29, 1.82) is 0 Å². The van der Waals surface area contributed by atoms with Gasteiger partial charge in [0.25, 0.3) is 0 Å². The molecule has 0 saturated heterocycles. The second-order valence-electron chi connectivity index (χ2n) is 3.62. The Kier molecular flexibility index (Phi) is 1.95. The van der Waals surface area contributed by atoms with Gasteiger partial charge < -0.3 is 4.42 Å². The van der Waals surface area contributed by atoms with Gasteiger partial charge in [-0.1, -0.05) is 5.10 Å². The summed E-state index contributed by atoms with van der Waals surface area (Å²) in [6.07, 6.45) is 6.61. The van der Waals surface area contributed by atoms with Gasteiger partial charge >= 0.3 is 12.0 Å². The van der Waals surface area contributed by atoms with Crippen molar-refractivity contribution in [3.63, 3.8) is 0 Å². The zero-order valence-corrected chi connectivity index (χ0v) is 8.33. The molecule has 3 rings (SSSR count). The summed E-state index contributed by atoms with van der Waals surface area (Å²) in [5, 5.41) is 10.1. The lowest BCUT2D eigenvalue weighted by Crippen LogP contribution is -2.17. The van der Waals surface area contributed by atoms with Crippen molar-refractivity contribution in [2.45, 2.75) is 18.8 Å². The lowest BCUT2D eigenvalue weighted by molar-refractivity contribution is 0.252. The summed E-state index contributed by atoms with van der Waals surface area (Å²) in [5.41, 5.74) is 0. The van der Waals surface area contributed by atoms with Gasteiger partial charge in [-0.05, 0) is 12.8 Å². The molecule has 1 N–H and O–H groups in total. The van der Waals surface area contributed by atoms with Gasteiger partial charge in [-0.15, -0.1) is 5.10 Å². The summed E-state index contributed by atoms with van der Waals surface area (Å²) in [6.45, 7) is 0. The van der Waals surface area contributed by atoms with Crippen molar-refractivity contribution in [3.05, 3.63) is 24.6 Å². The fraction of sp³-hybridized carbons (Fsp3) is 0.333. The minimum absolute atomic E-state index is 0.126. The van der Waals surface area contributed by atoms with Crippen LogP contribution in [0.25, 0.3) is 0 Å². The molecule has 0 unspecified atom stereocenters. The summed E-state index contributed by atoms with van der Waals surface area (Å²) in [4.78, 5) is 15.3. The van der Waals surface area contributed by atoms with Crippen LogP contribution in [-0.2, 0) is 0 Å². The van der Waals surface area contributed by atoms with Gasteiger partial charge in [0.1, 0.15) is 6.33 Å². The lowest BCUT2D eigenvalue weighted by Gasteiger charge is -1.98. The molecule has 0 radical (unpaired) electrons. The van der Waals surface area contributed by atoms with Gasteiger partial charge in [0.15, 0.2) is 0 Å². The number of carbonyl (C=O) groups excluding carboxylic acids is 1. The average molecular weight is 219 g/mol. The Morgan fingerprint density at radius 3 is 3.06 bits per heavy atom. The summed E-state index contributed by atoms with van der Waals surface area (Å²) in [5.74, 6) is 0.979. The van der Waals surface area contributed by atoms with E-state index >= 15 is 0 Å². The van der Waals surface area contributed by atoms with Crippen LogP contribution in [0.4, 0.5) is 10.8 Å². The number of amides is 1. The largest absolute Gasteiger partial charge is 0.408 e. The molecule has 1 aliphatic rings. The van der Waals surface area contributed by atoms with Crippen LogP contribution in [-0.4, -0.2) is 25.8 Å². The average Bonchev–Trinajstić information content (AvgIpc) is 2.82. The molecule has 0 atom stereocenters. The molecule has 0 bridgehead atoms. The number of rotatable bonds is 2. The zero-order valence-electron chi connectivity index (χ0n) is 8.33. The highest BCUT2D eigenvalue weighted by Gasteiger charge is 2.29. The molecule has 0 aliphatic heterocycles. The third-order valence-corrected chi connectivity index (χ3v) is 2.32. The van der Waals surface area contributed by atoms with Crippen LogP contribution in [0.15, 0.2) is 23.1 Å². The summed E-state index contributed by atoms with van der Waals surface area (Å²) in [7, 11) is 0. The van der Waals surface area contributed by atoms with Crippen LogP contribution < -0.4 is 5.32 Å². The molecule has 1 aliphatic carbocycles. The van der Waals surface area contributed by atoms with E-state index in [0.29, 0.717) is 11.8 Å². The monoisotopic (exact) mass is 219 g/mol. The molecule has 1 amide bonds. The number of hydrogen-bond donors (Lipinski definition) is 1. The molecule has 1 saturated carbocycles. The Labute approximate surface area is 90.5 Å². The van der Waals surface area contributed by atoms with Gasteiger partial charge in [0.05, 0.1) is 0 Å². The first kappa shape index (κ1) is 9.08. The smallest absolute Gasteiger partial charge is 0.334 e.